The summed E-state index contributed by atoms with van der Waals surface area (Å²) in [5, 5.41) is 0. The second-order valence-electron chi connectivity index (χ2n) is 12.5. The lowest BCUT2D eigenvalue weighted by molar-refractivity contribution is -0.432. The summed E-state index contributed by atoms with van der Waals surface area (Å²) in [5.41, 5.74) is -3.59. The normalized spacial score (nSPS) is 22.1. The van der Waals surface area contributed by atoms with Crippen LogP contribution in [0.3, 0.4) is 0 Å². The molecule has 3 aromatic carbocycles. The maximum absolute atomic E-state index is 15.0. The highest BCUT2D eigenvalue weighted by Gasteiger charge is 2.50. The molecule has 1 saturated carbocycles. The average molecular weight is 743 g/mol. The molecule has 0 amide bonds. The highest BCUT2D eigenvalue weighted by molar-refractivity contribution is 5.35. The Kier molecular flexibility index (Phi) is 11.5. The molecule has 1 heterocycles. The van der Waals surface area contributed by atoms with Crippen molar-refractivity contribution in [1.82, 2.24) is 0 Å². The van der Waals surface area contributed by atoms with Crippen LogP contribution in [0, 0.1) is 29.4 Å². The summed E-state index contributed by atoms with van der Waals surface area (Å²) in [4.78, 5) is 0. The van der Waals surface area contributed by atoms with Crippen molar-refractivity contribution in [1.29, 1.82) is 0 Å². The molecule has 1 aliphatic carbocycles. The lowest BCUT2D eigenvalue weighted by Gasteiger charge is -2.37. The van der Waals surface area contributed by atoms with Gasteiger partial charge in [-0.2, -0.15) is 26.3 Å². The largest absolute Gasteiger partial charge is 0.527 e. The van der Waals surface area contributed by atoms with Crippen molar-refractivity contribution in [2.24, 2.45) is 17.8 Å². The molecule has 5 nitrogen and oxygen atoms in total. The summed E-state index contributed by atoms with van der Waals surface area (Å²) in [6, 6.07) is 7.23. The summed E-state index contributed by atoms with van der Waals surface area (Å²) < 4.78 is 175. The van der Waals surface area contributed by atoms with Gasteiger partial charge in [0, 0.05) is 23.6 Å². The molecular weight excluding hydrogens is 709 g/mol. The van der Waals surface area contributed by atoms with Gasteiger partial charge in [0.25, 0.3) is 0 Å². The van der Waals surface area contributed by atoms with E-state index >= 15 is 8.78 Å². The van der Waals surface area contributed by atoms with Gasteiger partial charge >= 0.3 is 24.7 Å². The van der Waals surface area contributed by atoms with Gasteiger partial charge < -0.3 is 18.9 Å². The van der Waals surface area contributed by atoms with Crippen molar-refractivity contribution >= 4 is 0 Å². The van der Waals surface area contributed by atoms with Crippen LogP contribution in [0.25, 0.3) is 0 Å². The quantitative estimate of drug-likeness (QED) is 0.173. The van der Waals surface area contributed by atoms with Crippen molar-refractivity contribution < 1.29 is 72.0 Å². The highest BCUT2D eigenvalue weighted by atomic mass is 19.4. The molecule has 0 aromatic heterocycles. The zero-order chi connectivity index (χ0) is 37.2. The summed E-state index contributed by atoms with van der Waals surface area (Å²) in [5.74, 6) is -5.14. The van der Waals surface area contributed by atoms with Gasteiger partial charge in [0.15, 0.2) is 6.29 Å². The SMILES string of the molecule is CCCC1CCC(C2COC(c3ccc(C(F)(F)Oc4ccc(C(F)(F)Oc5cc(F)c(C(F)(F)OC(F)(F)F)c(F)c5)cc4)cc3)OC2)CC1. The molecule has 1 aliphatic heterocycles. The fraction of sp³-hybridized carbons (Fsp3) is 0.486. The Bertz CT molecular complexity index is 1570. The Balaban J connectivity index is 1.16. The molecule has 2 aliphatic rings. The van der Waals surface area contributed by atoms with E-state index in [0.717, 1.165) is 43.0 Å². The first kappa shape index (κ1) is 38.6. The number of benzene rings is 3. The van der Waals surface area contributed by atoms with Gasteiger partial charge in [-0.05, 0) is 61.1 Å². The molecule has 280 valence electrons. The summed E-state index contributed by atoms with van der Waals surface area (Å²) in [6.45, 7) is 3.18. The van der Waals surface area contributed by atoms with Crippen LogP contribution in [0.1, 0.15) is 74.0 Å². The first-order chi connectivity index (χ1) is 23.9. The van der Waals surface area contributed by atoms with E-state index in [1.54, 1.807) is 0 Å². The number of hydrogen-bond donors (Lipinski definition) is 0. The maximum Gasteiger partial charge on any atom is 0.527 e. The van der Waals surface area contributed by atoms with Crippen LogP contribution in [0.4, 0.5) is 48.3 Å². The summed E-state index contributed by atoms with van der Waals surface area (Å²) in [7, 11) is 0. The van der Waals surface area contributed by atoms with E-state index in [1.807, 2.05) is 0 Å². The third-order valence-electron chi connectivity index (χ3n) is 8.93. The van der Waals surface area contributed by atoms with Gasteiger partial charge in [0.2, 0.25) is 0 Å². The third kappa shape index (κ3) is 9.63. The van der Waals surface area contributed by atoms with Crippen molar-refractivity contribution in [3.63, 3.8) is 0 Å². The van der Waals surface area contributed by atoms with Crippen LogP contribution < -0.4 is 9.47 Å². The van der Waals surface area contributed by atoms with E-state index in [9.17, 15) is 39.5 Å². The molecule has 0 atom stereocenters. The van der Waals surface area contributed by atoms with Crippen LogP contribution in [0.2, 0.25) is 0 Å². The molecule has 0 unspecified atom stereocenters. The fourth-order valence-electron chi connectivity index (χ4n) is 6.39. The first-order valence-corrected chi connectivity index (χ1v) is 16.1. The fourth-order valence-corrected chi connectivity index (χ4v) is 6.39. The predicted molar refractivity (Wildman–Crippen MR) is 158 cm³/mol. The van der Waals surface area contributed by atoms with E-state index in [4.69, 9.17) is 14.2 Å². The lowest BCUT2D eigenvalue weighted by atomic mass is 9.75. The Hall–Kier alpha value is -3.63. The van der Waals surface area contributed by atoms with E-state index in [2.05, 4.69) is 16.4 Å². The Morgan fingerprint density at radius 1 is 0.627 bits per heavy atom. The molecule has 16 heteroatoms. The molecule has 3 aromatic rings. The monoisotopic (exact) mass is 742 g/mol. The van der Waals surface area contributed by atoms with Crippen LogP contribution in [-0.4, -0.2) is 19.6 Å². The zero-order valence-electron chi connectivity index (χ0n) is 26.9. The van der Waals surface area contributed by atoms with Gasteiger partial charge in [0.1, 0.15) is 28.7 Å². The molecular formula is C35H33F11O5. The van der Waals surface area contributed by atoms with Crippen molar-refractivity contribution in [2.75, 3.05) is 13.2 Å². The minimum Gasteiger partial charge on any atom is -0.429 e. The summed E-state index contributed by atoms with van der Waals surface area (Å²) >= 11 is 0. The topological polar surface area (TPSA) is 46.2 Å². The Morgan fingerprint density at radius 2 is 1.12 bits per heavy atom. The standard InChI is InChI=1S/C35H33F11O5/c1-2-3-20-4-6-21(7-5-20)23-18-47-31(48-19-23)22-8-10-24(11-9-22)32(38,39)49-26-14-12-25(13-15-26)33(40,41)50-27-16-28(36)30(29(37)17-27)34(42,43)51-35(44,45)46/h8-17,20-21,23,31H,2-7,18-19H2,1H3. The predicted octanol–water partition coefficient (Wildman–Crippen LogP) is 11.1. The van der Waals surface area contributed by atoms with Crippen LogP contribution >= 0.6 is 0 Å². The number of alkyl halides is 9. The Morgan fingerprint density at radius 3 is 1.61 bits per heavy atom. The number of hydrogen-bond acceptors (Lipinski definition) is 5. The highest BCUT2D eigenvalue weighted by Crippen LogP contribution is 2.42. The van der Waals surface area contributed by atoms with Crippen LogP contribution in [-0.2, 0) is 32.5 Å². The maximum atomic E-state index is 15.0. The van der Waals surface area contributed by atoms with Gasteiger partial charge in [-0.15, -0.1) is 13.2 Å². The Labute approximate surface area is 285 Å². The number of rotatable bonds is 12. The second kappa shape index (κ2) is 15.2. The number of ether oxygens (including phenoxy) is 5. The minimum absolute atomic E-state index is 0.202. The van der Waals surface area contributed by atoms with Gasteiger partial charge in [-0.25, -0.2) is 13.5 Å². The van der Waals surface area contributed by atoms with E-state index < -0.39 is 70.8 Å². The van der Waals surface area contributed by atoms with Gasteiger partial charge in [0.05, 0.1) is 24.3 Å². The zero-order valence-corrected chi connectivity index (χ0v) is 26.9. The van der Waals surface area contributed by atoms with Crippen LogP contribution in [0.5, 0.6) is 11.5 Å². The smallest absolute Gasteiger partial charge is 0.429 e. The molecule has 0 bridgehead atoms. The molecule has 51 heavy (non-hydrogen) atoms. The van der Waals surface area contributed by atoms with E-state index in [-0.39, 0.29) is 18.1 Å². The number of halogens is 11. The molecule has 0 N–H and O–H groups in total. The van der Waals surface area contributed by atoms with Crippen molar-refractivity contribution in [3.8, 4) is 11.5 Å². The van der Waals surface area contributed by atoms with Crippen LogP contribution in [0.15, 0.2) is 60.7 Å². The van der Waals surface area contributed by atoms with E-state index in [1.165, 1.54) is 37.8 Å². The van der Waals surface area contributed by atoms with Gasteiger partial charge in [-0.3, -0.25) is 0 Å². The van der Waals surface area contributed by atoms with Crippen molar-refractivity contribution in [3.05, 3.63) is 94.6 Å². The minimum atomic E-state index is -5.99. The molecule has 5 rings (SSSR count). The average Bonchev–Trinajstić information content (AvgIpc) is 3.04. The molecule has 0 spiro atoms. The van der Waals surface area contributed by atoms with Crippen molar-refractivity contribution in [2.45, 2.75) is 76.4 Å². The molecule has 2 fully saturated rings. The molecule has 1 saturated heterocycles. The first-order valence-electron chi connectivity index (χ1n) is 16.1. The van der Waals surface area contributed by atoms with Gasteiger partial charge in [-0.1, -0.05) is 44.7 Å². The van der Waals surface area contributed by atoms with E-state index in [0.29, 0.717) is 36.8 Å². The lowest BCUT2D eigenvalue weighted by Crippen LogP contribution is -2.34. The summed E-state index contributed by atoms with van der Waals surface area (Å²) in [6.07, 6.45) is -13.5. The molecule has 0 radical (unpaired) electrons. The third-order valence-corrected chi connectivity index (χ3v) is 8.93. The second-order valence-corrected chi connectivity index (χ2v) is 12.5.